The molecule has 22 heavy (non-hydrogen) atoms. The van der Waals surface area contributed by atoms with E-state index in [1.165, 1.54) is 0 Å². The normalized spacial score (nSPS) is 34.6. The maximum absolute atomic E-state index is 9.98. The van der Waals surface area contributed by atoms with Gasteiger partial charge in [0, 0.05) is 18.7 Å². The lowest BCUT2D eigenvalue weighted by Gasteiger charge is -2.50. The molecule has 1 aromatic carbocycles. The molecule has 1 saturated heterocycles. The van der Waals surface area contributed by atoms with Crippen LogP contribution in [0.5, 0.6) is 11.5 Å². The summed E-state index contributed by atoms with van der Waals surface area (Å²) in [6.07, 6.45) is 7.58. The second kappa shape index (κ2) is 5.00. The fraction of sp³-hybridized carbons (Fsp3) is 0.556. The largest absolute Gasteiger partial charge is 0.508 e. The molecule has 0 amide bonds. The number of nitrogens with zero attached hydrogens (tertiary/aromatic N) is 1. The van der Waals surface area contributed by atoms with Crippen molar-refractivity contribution in [1.29, 1.82) is 0 Å². The molecule has 2 unspecified atom stereocenters. The zero-order valence-electron chi connectivity index (χ0n) is 13.0. The summed E-state index contributed by atoms with van der Waals surface area (Å²) in [6.45, 7) is 5.51. The highest BCUT2D eigenvalue weighted by molar-refractivity contribution is 5.51. The Labute approximate surface area is 131 Å². The lowest BCUT2D eigenvalue weighted by Crippen LogP contribution is -2.63. The van der Waals surface area contributed by atoms with Gasteiger partial charge in [-0.3, -0.25) is 4.90 Å². The van der Waals surface area contributed by atoms with Crippen LogP contribution in [-0.2, 0) is 10.2 Å². The van der Waals surface area contributed by atoms with E-state index in [2.05, 4.69) is 24.0 Å². The first-order valence-electron chi connectivity index (χ1n) is 8.16. The van der Waals surface area contributed by atoms with Crippen LogP contribution in [0.4, 0.5) is 0 Å². The fourth-order valence-corrected chi connectivity index (χ4v) is 4.40. The molecule has 4 nitrogen and oxygen atoms in total. The Bertz CT molecular complexity index is 608. The number of benzene rings is 1. The Morgan fingerprint density at radius 3 is 2.73 bits per heavy atom. The summed E-state index contributed by atoms with van der Waals surface area (Å²) < 4.78 is 12.0. The number of phenolic OH excluding ortho intramolecular Hbond substituents is 1. The molecule has 118 valence electrons. The Kier molecular flexibility index (Phi) is 3.20. The summed E-state index contributed by atoms with van der Waals surface area (Å²) in [5, 5.41) is 9.98. The molecule has 1 aliphatic carbocycles. The number of rotatable bonds is 1. The monoisotopic (exact) mass is 301 g/mol. The quantitative estimate of drug-likeness (QED) is 0.810. The maximum atomic E-state index is 9.98. The molecule has 1 N–H and O–H groups in total. The van der Waals surface area contributed by atoms with Gasteiger partial charge in [0.15, 0.2) is 5.72 Å². The third-order valence-corrected chi connectivity index (χ3v) is 5.66. The number of morpholine rings is 1. The molecule has 0 aromatic heterocycles. The van der Waals surface area contributed by atoms with Gasteiger partial charge in [0.05, 0.1) is 18.6 Å². The van der Waals surface area contributed by atoms with E-state index in [1.807, 2.05) is 12.1 Å². The first-order valence-corrected chi connectivity index (χ1v) is 8.16. The second-order valence-electron chi connectivity index (χ2n) is 6.66. The zero-order valence-corrected chi connectivity index (χ0v) is 13.0. The van der Waals surface area contributed by atoms with Crippen LogP contribution < -0.4 is 4.74 Å². The van der Waals surface area contributed by atoms with Gasteiger partial charge in [0.2, 0.25) is 0 Å². The van der Waals surface area contributed by atoms with Crippen molar-refractivity contribution in [1.82, 2.24) is 4.90 Å². The Morgan fingerprint density at radius 2 is 2.00 bits per heavy atom. The maximum Gasteiger partial charge on any atom is 0.170 e. The molecule has 1 fully saturated rings. The minimum absolute atomic E-state index is 0.0901. The van der Waals surface area contributed by atoms with Crippen LogP contribution in [0.2, 0.25) is 0 Å². The molecule has 0 bridgehead atoms. The van der Waals surface area contributed by atoms with E-state index >= 15 is 0 Å². The van der Waals surface area contributed by atoms with E-state index in [0.29, 0.717) is 5.75 Å². The van der Waals surface area contributed by atoms with Crippen molar-refractivity contribution in [2.75, 3.05) is 26.3 Å². The molecule has 0 radical (unpaired) electrons. The molecular formula is C18H23NO3. The number of hydrogen-bond acceptors (Lipinski definition) is 4. The second-order valence-corrected chi connectivity index (χ2v) is 6.66. The van der Waals surface area contributed by atoms with Crippen molar-refractivity contribution in [2.45, 2.75) is 37.3 Å². The first kappa shape index (κ1) is 14.1. The molecule has 3 aliphatic rings. The van der Waals surface area contributed by atoms with Crippen molar-refractivity contribution >= 4 is 0 Å². The summed E-state index contributed by atoms with van der Waals surface area (Å²) >= 11 is 0. The zero-order chi connectivity index (χ0) is 15.2. The highest BCUT2D eigenvalue weighted by Crippen LogP contribution is 2.57. The van der Waals surface area contributed by atoms with Gasteiger partial charge in [-0.1, -0.05) is 12.2 Å². The molecule has 0 saturated carbocycles. The average Bonchev–Trinajstić information content (AvgIpc) is 2.79. The lowest BCUT2D eigenvalue weighted by molar-refractivity contribution is -0.142. The van der Waals surface area contributed by atoms with E-state index in [-0.39, 0.29) is 11.1 Å². The summed E-state index contributed by atoms with van der Waals surface area (Å²) in [4.78, 5) is 2.42. The van der Waals surface area contributed by atoms with E-state index in [1.54, 1.807) is 6.07 Å². The van der Waals surface area contributed by atoms with Gasteiger partial charge in [-0.2, -0.15) is 0 Å². The molecule has 4 rings (SSSR count). The molecule has 4 heteroatoms. The first-order chi connectivity index (χ1) is 10.7. The SMILES string of the molecule is CC1(N2CCOCC2)Oc2ccc(O)cc2C12CC=CCC2. The van der Waals surface area contributed by atoms with E-state index in [9.17, 15) is 5.11 Å². The number of hydrogen-bond donors (Lipinski definition) is 1. The highest BCUT2D eigenvalue weighted by Gasteiger charge is 2.59. The van der Waals surface area contributed by atoms with Crippen LogP contribution in [0.15, 0.2) is 30.4 Å². The molecule has 2 atom stereocenters. The van der Waals surface area contributed by atoms with Gasteiger partial charge in [0.1, 0.15) is 11.5 Å². The average molecular weight is 301 g/mol. The predicted molar refractivity (Wildman–Crippen MR) is 84.2 cm³/mol. The van der Waals surface area contributed by atoms with Crippen LogP contribution in [0.25, 0.3) is 0 Å². The van der Waals surface area contributed by atoms with Crippen LogP contribution in [-0.4, -0.2) is 42.0 Å². The van der Waals surface area contributed by atoms with Crippen LogP contribution in [0.1, 0.15) is 31.7 Å². The van der Waals surface area contributed by atoms with Gasteiger partial charge in [0.25, 0.3) is 0 Å². The predicted octanol–water partition coefficient (Wildman–Crippen LogP) is 2.81. The smallest absolute Gasteiger partial charge is 0.170 e. The van der Waals surface area contributed by atoms with Crippen LogP contribution in [0.3, 0.4) is 0 Å². The van der Waals surface area contributed by atoms with Gasteiger partial charge < -0.3 is 14.6 Å². The minimum Gasteiger partial charge on any atom is -0.508 e. The highest BCUT2D eigenvalue weighted by atomic mass is 16.5. The molecule has 1 aromatic rings. The number of aromatic hydroxyl groups is 1. The van der Waals surface area contributed by atoms with Gasteiger partial charge >= 0.3 is 0 Å². The van der Waals surface area contributed by atoms with E-state index < -0.39 is 0 Å². The summed E-state index contributed by atoms with van der Waals surface area (Å²) in [5.41, 5.74) is 0.691. The Hall–Kier alpha value is -1.52. The number of fused-ring (bicyclic) bond motifs is 2. The molecule has 2 heterocycles. The van der Waals surface area contributed by atoms with Gasteiger partial charge in [-0.15, -0.1) is 0 Å². The van der Waals surface area contributed by atoms with Crippen LogP contribution in [0, 0.1) is 0 Å². The molecular weight excluding hydrogens is 278 g/mol. The minimum atomic E-state index is -0.377. The summed E-state index contributed by atoms with van der Waals surface area (Å²) in [6, 6.07) is 5.53. The van der Waals surface area contributed by atoms with Crippen molar-refractivity contribution in [3.63, 3.8) is 0 Å². The topological polar surface area (TPSA) is 41.9 Å². The van der Waals surface area contributed by atoms with E-state index in [0.717, 1.165) is 56.9 Å². The van der Waals surface area contributed by atoms with Crippen LogP contribution >= 0.6 is 0 Å². The fourth-order valence-electron chi connectivity index (χ4n) is 4.40. The van der Waals surface area contributed by atoms with Gasteiger partial charge in [-0.25, -0.2) is 0 Å². The molecule has 1 spiro atoms. The van der Waals surface area contributed by atoms with Crippen molar-refractivity contribution in [2.24, 2.45) is 0 Å². The molecule has 2 aliphatic heterocycles. The number of allylic oxidation sites excluding steroid dienone is 2. The van der Waals surface area contributed by atoms with Crippen molar-refractivity contribution in [3.8, 4) is 11.5 Å². The summed E-state index contributed by atoms with van der Waals surface area (Å²) in [5.74, 6) is 1.24. The van der Waals surface area contributed by atoms with E-state index in [4.69, 9.17) is 9.47 Å². The lowest BCUT2D eigenvalue weighted by atomic mass is 9.65. The third-order valence-electron chi connectivity index (χ3n) is 5.66. The summed E-state index contributed by atoms with van der Waals surface area (Å²) in [7, 11) is 0. The Morgan fingerprint density at radius 1 is 1.18 bits per heavy atom. The van der Waals surface area contributed by atoms with Crippen molar-refractivity contribution < 1.29 is 14.6 Å². The third kappa shape index (κ3) is 1.83. The van der Waals surface area contributed by atoms with Gasteiger partial charge in [-0.05, 0) is 44.4 Å². The Balaban J connectivity index is 1.83. The standard InChI is InChI=1S/C18H23NO3/c1-17(19-9-11-21-12-10-19)18(7-3-2-4-8-18)15-13-14(20)5-6-16(15)22-17/h2-3,5-6,13,20H,4,7-12H2,1H3. The number of phenols is 1. The number of ether oxygens (including phenoxy) is 2. The van der Waals surface area contributed by atoms with Crippen molar-refractivity contribution in [3.05, 3.63) is 35.9 Å².